The van der Waals surface area contributed by atoms with Crippen LogP contribution >= 0.6 is 0 Å². The third-order valence-electron chi connectivity index (χ3n) is 3.94. The quantitative estimate of drug-likeness (QED) is 0.591. The third kappa shape index (κ3) is 4.04. The fourth-order valence-corrected chi connectivity index (χ4v) is 2.63. The van der Waals surface area contributed by atoms with E-state index in [2.05, 4.69) is 20.6 Å². The molecule has 134 valence electrons. The van der Waals surface area contributed by atoms with E-state index in [1.54, 1.807) is 24.2 Å². The van der Waals surface area contributed by atoms with Gasteiger partial charge in [-0.15, -0.1) is 0 Å². The lowest BCUT2D eigenvalue weighted by atomic mass is 10.2. The maximum Gasteiger partial charge on any atom is 0.323 e. The van der Waals surface area contributed by atoms with Crippen LogP contribution < -0.4 is 16.0 Å². The van der Waals surface area contributed by atoms with Crippen molar-refractivity contribution in [3.05, 3.63) is 59.6 Å². The summed E-state index contributed by atoms with van der Waals surface area (Å²) >= 11 is 0. The highest BCUT2D eigenvalue weighted by Gasteiger charge is 2.24. The predicted octanol–water partition coefficient (Wildman–Crippen LogP) is 1.51. The maximum absolute atomic E-state index is 12.4. The molecule has 26 heavy (non-hydrogen) atoms. The van der Waals surface area contributed by atoms with Crippen LogP contribution in [0.3, 0.4) is 0 Å². The van der Waals surface area contributed by atoms with Gasteiger partial charge in [-0.05, 0) is 12.5 Å². The topological polar surface area (TPSA) is 111 Å². The van der Waals surface area contributed by atoms with Gasteiger partial charge in [-0.3, -0.25) is 5.32 Å². The minimum Gasteiger partial charge on any atom is -0.321 e. The van der Waals surface area contributed by atoms with Crippen LogP contribution in [0.25, 0.3) is 0 Å². The molecule has 2 heterocycles. The molecule has 8 nitrogen and oxygen atoms in total. The number of urea groups is 1. The van der Waals surface area contributed by atoms with E-state index < -0.39 is 0 Å². The van der Waals surface area contributed by atoms with E-state index >= 15 is 0 Å². The van der Waals surface area contributed by atoms with Crippen molar-refractivity contribution in [3.8, 4) is 0 Å². The van der Waals surface area contributed by atoms with Gasteiger partial charge in [-0.25, -0.2) is 9.78 Å². The molecule has 0 saturated heterocycles. The lowest BCUT2D eigenvalue weighted by Crippen LogP contribution is -2.73. The largest absolute Gasteiger partial charge is 0.323 e. The molecule has 5 N–H and O–H groups in total. The summed E-state index contributed by atoms with van der Waals surface area (Å²) in [6, 6.07) is 9.65. The summed E-state index contributed by atoms with van der Waals surface area (Å²) < 4.78 is 0. The van der Waals surface area contributed by atoms with Gasteiger partial charge in [-0.2, -0.15) is 4.98 Å². The van der Waals surface area contributed by atoms with Crippen LogP contribution in [0.4, 0.5) is 16.6 Å². The maximum atomic E-state index is 12.4. The van der Waals surface area contributed by atoms with Crippen LogP contribution in [0.15, 0.2) is 48.4 Å². The highest BCUT2D eigenvalue weighted by Crippen LogP contribution is 2.23. The molecule has 0 atom stereocenters. The number of nitrogens with two attached hydrogens (primary N) is 1. The summed E-state index contributed by atoms with van der Waals surface area (Å²) in [5.41, 5.74) is 2.91. The lowest BCUT2D eigenvalue weighted by molar-refractivity contribution is -0.556. The molecule has 3 rings (SSSR count). The second kappa shape index (κ2) is 7.75. The SMILES string of the molecule is C[NH2+]/C=C(/Nc1ncc2c(n1)NC(=O)N(Cc1ccccc1)C2)C(C)=N. The molecule has 0 bridgehead atoms. The van der Waals surface area contributed by atoms with Crippen molar-refractivity contribution in [2.45, 2.75) is 20.0 Å². The van der Waals surface area contributed by atoms with Crippen molar-refractivity contribution < 1.29 is 10.1 Å². The van der Waals surface area contributed by atoms with Gasteiger partial charge in [-0.1, -0.05) is 30.3 Å². The Balaban J connectivity index is 1.76. The molecule has 0 unspecified atom stereocenters. The Labute approximate surface area is 151 Å². The number of rotatable bonds is 6. The van der Waals surface area contributed by atoms with Gasteiger partial charge >= 0.3 is 6.03 Å². The predicted molar refractivity (Wildman–Crippen MR) is 99.7 cm³/mol. The normalized spacial score (nSPS) is 13.8. The fraction of sp³-hybridized carbons (Fsp3) is 0.222. The number of fused-ring (bicyclic) bond motifs is 1. The van der Waals surface area contributed by atoms with Gasteiger partial charge in [0.2, 0.25) is 5.95 Å². The van der Waals surface area contributed by atoms with Crippen molar-refractivity contribution in [1.29, 1.82) is 5.41 Å². The van der Waals surface area contributed by atoms with E-state index in [1.807, 2.05) is 42.7 Å². The second-order valence-corrected chi connectivity index (χ2v) is 6.00. The lowest BCUT2D eigenvalue weighted by Gasteiger charge is -2.28. The Hall–Kier alpha value is -3.26. The van der Waals surface area contributed by atoms with Crippen molar-refractivity contribution in [2.24, 2.45) is 0 Å². The number of amides is 2. The van der Waals surface area contributed by atoms with Gasteiger partial charge in [0, 0.05) is 18.3 Å². The summed E-state index contributed by atoms with van der Waals surface area (Å²) in [4.78, 5) is 22.8. The van der Waals surface area contributed by atoms with E-state index in [0.29, 0.717) is 36.3 Å². The number of carbonyl (C=O) groups is 1. The zero-order chi connectivity index (χ0) is 18.5. The second-order valence-electron chi connectivity index (χ2n) is 6.00. The van der Waals surface area contributed by atoms with Crippen molar-refractivity contribution >= 4 is 23.5 Å². The summed E-state index contributed by atoms with van der Waals surface area (Å²) in [6.45, 7) is 2.66. The van der Waals surface area contributed by atoms with Crippen LogP contribution in [0.2, 0.25) is 0 Å². The van der Waals surface area contributed by atoms with Gasteiger partial charge in [0.15, 0.2) is 0 Å². The number of anilines is 2. The number of hydrogen-bond acceptors (Lipinski definition) is 5. The number of carbonyl (C=O) groups excluding carboxylic acids is 1. The van der Waals surface area contributed by atoms with E-state index in [1.165, 1.54) is 0 Å². The molecule has 0 radical (unpaired) electrons. The van der Waals surface area contributed by atoms with E-state index in [-0.39, 0.29) is 6.03 Å². The third-order valence-corrected chi connectivity index (χ3v) is 3.94. The first-order valence-electron chi connectivity index (χ1n) is 8.35. The smallest absolute Gasteiger partial charge is 0.321 e. The van der Waals surface area contributed by atoms with Gasteiger partial charge < -0.3 is 20.9 Å². The van der Waals surface area contributed by atoms with Crippen LogP contribution in [0.5, 0.6) is 0 Å². The molecule has 1 aliphatic rings. The molecule has 0 fully saturated rings. The van der Waals surface area contributed by atoms with E-state index in [9.17, 15) is 4.79 Å². The number of hydrogen-bond donors (Lipinski definition) is 4. The first-order chi connectivity index (χ1) is 12.6. The fourth-order valence-electron chi connectivity index (χ4n) is 2.63. The Morgan fingerprint density at radius 2 is 2.19 bits per heavy atom. The molecule has 8 heteroatoms. The van der Waals surface area contributed by atoms with Crippen LogP contribution in [-0.4, -0.2) is 33.7 Å². The monoisotopic (exact) mass is 352 g/mol. The van der Waals surface area contributed by atoms with Crippen molar-refractivity contribution in [3.63, 3.8) is 0 Å². The van der Waals surface area contributed by atoms with Crippen LogP contribution in [0.1, 0.15) is 18.1 Å². The van der Waals surface area contributed by atoms with Gasteiger partial charge in [0.25, 0.3) is 0 Å². The Morgan fingerprint density at radius 3 is 2.88 bits per heavy atom. The van der Waals surface area contributed by atoms with Crippen molar-refractivity contribution in [1.82, 2.24) is 14.9 Å². The van der Waals surface area contributed by atoms with E-state index in [4.69, 9.17) is 5.41 Å². The summed E-state index contributed by atoms with van der Waals surface area (Å²) in [5.74, 6) is 0.847. The summed E-state index contributed by atoms with van der Waals surface area (Å²) in [7, 11) is 1.87. The Bertz CT molecular complexity index is 848. The number of allylic oxidation sites excluding steroid dienone is 1. The van der Waals surface area contributed by atoms with Crippen LogP contribution in [-0.2, 0) is 13.1 Å². The average molecular weight is 352 g/mol. The zero-order valence-corrected chi connectivity index (χ0v) is 14.8. The molecule has 1 aromatic heterocycles. The first-order valence-corrected chi connectivity index (χ1v) is 8.35. The standard InChI is InChI=1S/C18H21N7O/c1-12(19)15(9-20-2)22-17-21-8-14-11-25(18(26)24-16(14)23-17)10-13-6-4-3-5-7-13/h3-9,19-20H,10-11H2,1-2H3,(H2,21,22,23,24,26)/p+1/b15-9+,19-12?. The summed E-state index contributed by atoms with van der Waals surface area (Å²) in [6.07, 6.45) is 3.49. The zero-order valence-electron chi connectivity index (χ0n) is 14.8. The molecule has 1 aromatic carbocycles. The number of nitrogens with zero attached hydrogens (tertiary/aromatic N) is 3. The molecule has 0 spiro atoms. The number of benzene rings is 1. The number of aromatic nitrogens is 2. The molecule has 0 saturated carbocycles. The summed E-state index contributed by atoms with van der Waals surface area (Å²) in [5, 5.41) is 15.4. The molecule has 2 aromatic rings. The Kier molecular flexibility index (Phi) is 5.23. The first kappa shape index (κ1) is 17.6. The minimum atomic E-state index is -0.188. The minimum absolute atomic E-state index is 0.188. The van der Waals surface area contributed by atoms with Crippen LogP contribution in [0, 0.1) is 5.41 Å². The van der Waals surface area contributed by atoms with Gasteiger partial charge in [0.05, 0.1) is 19.3 Å². The molecule has 2 amide bonds. The van der Waals surface area contributed by atoms with Gasteiger partial charge in [0.1, 0.15) is 17.7 Å². The average Bonchev–Trinajstić information content (AvgIpc) is 2.63. The highest BCUT2D eigenvalue weighted by molar-refractivity contribution is 5.97. The number of nitrogens with one attached hydrogen (secondary N) is 3. The van der Waals surface area contributed by atoms with E-state index in [0.717, 1.165) is 11.1 Å². The number of quaternary nitrogens is 1. The Morgan fingerprint density at radius 1 is 1.42 bits per heavy atom. The highest BCUT2D eigenvalue weighted by atomic mass is 16.2. The van der Waals surface area contributed by atoms with Crippen molar-refractivity contribution in [2.75, 3.05) is 17.7 Å². The molecular formula is C18H22N7O+. The molecule has 1 aliphatic heterocycles. The molecular weight excluding hydrogens is 330 g/mol. The molecule has 0 aliphatic carbocycles.